The van der Waals surface area contributed by atoms with Gasteiger partial charge in [-0.15, -0.1) is 13.2 Å². The SMILES string of the molecule is O=C1NC(=O)C(Cc2ccc(OC[C@H](OC(=O)c3cccnc3)c3ccc(OC(F)(F)F)cc3)cc2)S1. The third kappa shape index (κ3) is 7.46. The van der Waals surface area contributed by atoms with Gasteiger partial charge in [-0.3, -0.25) is 19.9 Å². The zero-order valence-electron chi connectivity index (χ0n) is 18.9. The van der Waals surface area contributed by atoms with E-state index in [1.54, 1.807) is 30.3 Å². The molecule has 2 amide bonds. The number of nitrogens with zero attached hydrogens (tertiary/aromatic N) is 1. The van der Waals surface area contributed by atoms with Crippen molar-refractivity contribution in [1.29, 1.82) is 0 Å². The number of halogens is 3. The number of aromatic nitrogens is 1. The van der Waals surface area contributed by atoms with E-state index in [4.69, 9.17) is 9.47 Å². The van der Waals surface area contributed by atoms with Crippen molar-refractivity contribution in [3.05, 3.63) is 89.7 Å². The Balaban J connectivity index is 1.44. The van der Waals surface area contributed by atoms with E-state index in [-0.39, 0.29) is 23.3 Å². The number of carbonyl (C=O) groups is 3. The third-order valence-corrected chi connectivity index (χ3v) is 6.13. The van der Waals surface area contributed by atoms with E-state index in [9.17, 15) is 27.6 Å². The van der Waals surface area contributed by atoms with Crippen LogP contribution in [0.4, 0.5) is 18.0 Å². The van der Waals surface area contributed by atoms with Gasteiger partial charge in [0.15, 0.2) is 6.10 Å². The monoisotopic (exact) mass is 532 g/mol. The Labute approximate surface area is 213 Å². The molecule has 37 heavy (non-hydrogen) atoms. The number of alkyl halides is 3. The highest BCUT2D eigenvalue weighted by atomic mass is 32.2. The van der Waals surface area contributed by atoms with Crippen molar-refractivity contribution in [3.63, 3.8) is 0 Å². The van der Waals surface area contributed by atoms with E-state index in [0.29, 0.717) is 17.7 Å². The number of esters is 1. The first kappa shape index (κ1) is 26.0. The largest absolute Gasteiger partial charge is 0.573 e. The Hall–Kier alpha value is -4.06. The molecule has 0 radical (unpaired) electrons. The maximum absolute atomic E-state index is 12.6. The Morgan fingerprint density at radius 1 is 1.03 bits per heavy atom. The molecule has 1 unspecified atom stereocenters. The molecule has 4 rings (SSSR count). The predicted molar refractivity (Wildman–Crippen MR) is 126 cm³/mol. The maximum atomic E-state index is 12.6. The Morgan fingerprint density at radius 2 is 1.73 bits per heavy atom. The van der Waals surface area contributed by atoms with Crippen molar-refractivity contribution < 1.29 is 41.8 Å². The molecule has 1 aromatic heterocycles. The fourth-order valence-electron chi connectivity index (χ4n) is 3.40. The summed E-state index contributed by atoms with van der Waals surface area (Å²) >= 11 is 0.937. The minimum absolute atomic E-state index is 0.139. The van der Waals surface area contributed by atoms with Crippen LogP contribution < -0.4 is 14.8 Å². The summed E-state index contributed by atoms with van der Waals surface area (Å²) < 4.78 is 52.7. The molecule has 3 aromatic rings. The second-order valence-electron chi connectivity index (χ2n) is 7.79. The maximum Gasteiger partial charge on any atom is 0.573 e. The molecule has 2 aromatic carbocycles. The molecule has 0 saturated carbocycles. The van der Waals surface area contributed by atoms with Crippen molar-refractivity contribution in [1.82, 2.24) is 10.3 Å². The molecule has 1 aliphatic heterocycles. The number of ether oxygens (including phenoxy) is 3. The standard InChI is InChI=1S/C25H19F3N2O6S/c26-25(27,28)36-19-9-5-16(6-10-19)20(35-23(32)17-2-1-11-29-13-17)14-34-18-7-3-15(4-8-18)12-21-22(31)30-24(33)37-21/h1-11,13,20-21H,12,14H2,(H,30,31,33)/t20-,21?/m0/s1. The summed E-state index contributed by atoms with van der Waals surface area (Å²) in [5.74, 6) is -1.00. The number of pyridine rings is 1. The van der Waals surface area contributed by atoms with Gasteiger partial charge in [-0.2, -0.15) is 0 Å². The number of rotatable bonds is 9. The molecular formula is C25H19F3N2O6S. The number of hydrogen-bond acceptors (Lipinski definition) is 8. The van der Waals surface area contributed by atoms with Crippen LogP contribution in [-0.2, 0) is 16.0 Å². The van der Waals surface area contributed by atoms with Crippen molar-refractivity contribution in [2.75, 3.05) is 6.61 Å². The van der Waals surface area contributed by atoms with Gasteiger partial charge in [0.05, 0.1) is 10.8 Å². The van der Waals surface area contributed by atoms with Crippen LogP contribution in [-0.4, -0.2) is 40.3 Å². The molecule has 0 spiro atoms. The van der Waals surface area contributed by atoms with Gasteiger partial charge in [-0.1, -0.05) is 36.0 Å². The average Bonchev–Trinajstić information content (AvgIpc) is 3.18. The van der Waals surface area contributed by atoms with Crippen LogP contribution in [0.15, 0.2) is 73.1 Å². The molecule has 0 bridgehead atoms. The lowest BCUT2D eigenvalue weighted by molar-refractivity contribution is -0.274. The third-order valence-electron chi connectivity index (χ3n) is 5.14. The van der Waals surface area contributed by atoms with E-state index < -0.39 is 29.4 Å². The van der Waals surface area contributed by atoms with E-state index in [2.05, 4.69) is 15.0 Å². The van der Waals surface area contributed by atoms with Gasteiger partial charge < -0.3 is 14.2 Å². The van der Waals surface area contributed by atoms with Crippen LogP contribution in [0.3, 0.4) is 0 Å². The number of nitrogens with one attached hydrogen (secondary N) is 1. The summed E-state index contributed by atoms with van der Waals surface area (Å²) in [5.41, 5.74) is 1.40. The average molecular weight is 532 g/mol. The van der Waals surface area contributed by atoms with E-state index >= 15 is 0 Å². The van der Waals surface area contributed by atoms with Crippen molar-refractivity contribution >= 4 is 28.9 Å². The van der Waals surface area contributed by atoms with Crippen LogP contribution >= 0.6 is 11.8 Å². The first-order valence-electron chi connectivity index (χ1n) is 10.9. The van der Waals surface area contributed by atoms with E-state index in [1.165, 1.54) is 30.6 Å². The summed E-state index contributed by atoms with van der Waals surface area (Å²) in [5, 5.41) is 1.36. The van der Waals surface area contributed by atoms with E-state index in [0.717, 1.165) is 29.5 Å². The quantitative estimate of drug-likeness (QED) is 0.390. The number of benzene rings is 2. The van der Waals surface area contributed by atoms with Gasteiger partial charge in [0.1, 0.15) is 18.1 Å². The molecule has 192 valence electrons. The topological polar surface area (TPSA) is 104 Å². The number of imide groups is 1. The Morgan fingerprint density at radius 3 is 2.32 bits per heavy atom. The lowest BCUT2D eigenvalue weighted by Gasteiger charge is -2.20. The highest BCUT2D eigenvalue weighted by Gasteiger charge is 2.32. The molecule has 1 saturated heterocycles. The predicted octanol–water partition coefficient (Wildman–Crippen LogP) is 4.85. The van der Waals surface area contributed by atoms with Crippen LogP contribution in [0.25, 0.3) is 0 Å². The van der Waals surface area contributed by atoms with Crippen molar-refractivity contribution in [2.24, 2.45) is 0 Å². The summed E-state index contributed by atoms with van der Waals surface area (Å²) in [4.78, 5) is 39.6. The first-order chi connectivity index (χ1) is 17.7. The smallest absolute Gasteiger partial charge is 0.489 e. The van der Waals surface area contributed by atoms with Gasteiger partial charge in [0.25, 0.3) is 5.24 Å². The molecule has 0 aliphatic carbocycles. The fourth-order valence-corrected chi connectivity index (χ4v) is 4.26. The molecule has 2 heterocycles. The van der Waals surface area contributed by atoms with Gasteiger partial charge in [0.2, 0.25) is 5.91 Å². The summed E-state index contributed by atoms with van der Waals surface area (Å²) in [6.45, 7) is -0.139. The molecule has 1 fully saturated rings. The Kier molecular flexibility index (Phi) is 7.97. The van der Waals surface area contributed by atoms with Gasteiger partial charge >= 0.3 is 12.3 Å². The molecule has 12 heteroatoms. The Bertz CT molecular complexity index is 1250. The first-order valence-corrected chi connectivity index (χ1v) is 11.7. The zero-order valence-corrected chi connectivity index (χ0v) is 19.8. The van der Waals surface area contributed by atoms with Crippen molar-refractivity contribution in [3.8, 4) is 11.5 Å². The zero-order chi connectivity index (χ0) is 26.4. The van der Waals surface area contributed by atoms with Crippen LogP contribution in [0.2, 0.25) is 0 Å². The fraction of sp³-hybridized carbons (Fsp3) is 0.200. The van der Waals surface area contributed by atoms with Gasteiger partial charge in [-0.05, 0) is 53.9 Å². The number of amides is 2. The lowest BCUT2D eigenvalue weighted by atomic mass is 10.1. The van der Waals surface area contributed by atoms with Crippen LogP contribution in [0, 0.1) is 0 Å². The number of carbonyl (C=O) groups excluding carboxylic acids is 3. The second-order valence-corrected chi connectivity index (χ2v) is 8.97. The van der Waals surface area contributed by atoms with Gasteiger partial charge in [-0.25, -0.2) is 4.79 Å². The highest BCUT2D eigenvalue weighted by molar-refractivity contribution is 8.15. The molecule has 8 nitrogen and oxygen atoms in total. The summed E-state index contributed by atoms with van der Waals surface area (Å²) in [6.07, 6.45) is -2.61. The van der Waals surface area contributed by atoms with E-state index in [1.807, 2.05) is 0 Å². The number of thioether (sulfide) groups is 1. The van der Waals surface area contributed by atoms with Crippen LogP contribution in [0.1, 0.15) is 27.6 Å². The van der Waals surface area contributed by atoms with Crippen molar-refractivity contribution in [2.45, 2.75) is 24.1 Å². The minimum atomic E-state index is -4.83. The summed E-state index contributed by atoms with van der Waals surface area (Å²) in [6, 6.07) is 14.8. The molecule has 1 N–H and O–H groups in total. The molecular weight excluding hydrogens is 513 g/mol. The minimum Gasteiger partial charge on any atom is -0.489 e. The second kappa shape index (κ2) is 11.3. The molecule has 1 aliphatic rings. The number of hydrogen-bond donors (Lipinski definition) is 1. The van der Waals surface area contributed by atoms with Crippen LogP contribution in [0.5, 0.6) is 11.5 Å². The molecule has 2 atom stereocenters. The van der Waals surface area contributed by atoms with Gasteiger partial charge in [0, 0.05) is 12.4 Å². The highest BCUT2D eigenvalue weighted by Crippen LogP contribution is 2.28. The lowest BCUT2D eigenvalue weighted by Crippen LogP contribution is -2.25. The summed E-state index contributed by atoms with van der Waals surface area (Å²) in [7, 11) is 0. The normalized spacial score (nSPS) is 16.1.